The summed E-state index contributed by atoms with van der Waals surface area (Å²) in [5.41, 5.74) is 1.10. The van der Waals surface area contributed by atoms with Crippen molar-refractivity contribution in [2.75, 3.05) is 11.5 Å². The quantitative estimate of drug-likeness (QED) is 0.629. The van der Waals surface area contributed by atoms with Crippen LogP contribution in [0.4, 0.5) is 0 Å². The molecule has 1 aliphatic heterocycles. The SMILES string of the molecule is CC1=C[C@]2([C@H]3C[C@@H]1C3(C)C)[S@@](=O)CCS2(=O)=O. The van der Waals surface area contributed by atoms with Crippen LogP contribution in [-0.2, 0) is 20.6 Å². The van der Waals surface area contributed by atoms with Gasteiger partial charge in [-0.2, -0.15) is 0 Å². The van der Waals surface area contributed by atoms with Crippen molar-refractivity contribution in [2.24, 2.45) is 17.3 Å². The largest absolute Gasteiger partial charge is 0.258 e. The van der Waals surface area contributed by atoms with Gasteiger partial charge in [0.2, 0.25) is 0 Å². The molecule has 1 spiro atoms. The predicted molar refractivity (Wildman–Crippen MR) is 68.7 cm³/mol. The van der Waals surface area contributed by atoms with Gasteiger partial charge in [0.25, 0.3) is 0 Å². The number of allylic oxidation sites excluding steroid dienone is 1. The van der Waals surface area contributed by atoms with Gasteiger partial charge >= 0.3 is 0 Å². The normalized spacial score (nSPS) is 49.8. The summed E-state index contributed by atoms with van der Waals surface area (Å²) in [5.74, 6) is 0.909. The van der Waals surface area contributed by atoms with Gasteiger partial charge in [0.05, 0.1) is 5.75 Å². The third kappa shape index (κ3) is 1.13. The van der Waals surface area contributed by atoms with Crippen molar-refractivity contribution in [1.29, 1.82) is 0 Å². The molecule has 2 bridgehead atoms. The van der Waals surface area contributed by atoms with Crippen molar-refractivity contribution in [3.05, 3.63) is 11.6 Å². The zero-order chi connectivity index (χ0) is 12.6. The Hall–Kier alpha value is -0.160. The van der Waals surface area contributed by atoms with Gasteiger partial charge in [0, 0.05) is 22.5 Å². The standard InChI is InChI=1S/C12H18O3S2/c1-8-7-12(10-6-9(8)11(10,2)3)16(13)4-5-17(12,14)15/h7,9-10H,4-6H2,1-3H3/t9-,10-,12-,16-/m0/s1. The van der Waals surface area contributed by atoms with Crippen molar-refractivity contribution in [3.63, 3.8) is 0 Å². The first-order valence-corrected chi connectivity index (χ1v) is 9.01. The van der Waals surface area contributed by atoms with Crippen LogP contribution >= 0.6 is 0 Å². The van der Waals surface area contributed by atoms with Crippen LogP contribution < -0.4 is 0 Å². The molecule has 17 heavy (non-hydrogen) atoms. The molecule has 3 aliphatic carbocycles. The van der Waals surface area contributed by atoms with E-state index in [-0.39, 0.29) is 17.1 Å². The molecule has 2 fully saturated rings. The molecule has 0 radical (unpaired) electrons. The molecule has 0 aromatic heterocycles. The van der Waals surface area contributed by atoms with Crippen LogP contribution in [-0.4, -0.2) is 28.2 Å². The number of hydrogen-bond donors (Lipinski definition) is 0. The molecule has 0 aromatic carbocycles. The molecule has 1 saturated carbocycles. The Balaban J connectivity index is 2.28. The molecule has 5 heteroatoms. The van der Waals surface area contributed by atoms with Crippen molar-refractivity contribution in [2.45, 2.75) is 31.3 Å². The lowest BCUT2D eigenvalue weighted by Gasteiger charge is -2.61. The summed E-state index contributed by atoms with van der Waals surface area (Å²) in [7, 11) is -4.51. The first-order chi connectivity index (χ1) is 7.73. The van der Waals surface area contributed by atoms with E-state index in [0.29, 0.717) is 11.7 Å². The second kappa shape index (κ2) is 3.05. The van der Waals surface area contributed by atoms with E-state index in [0.717, 1.165) is 12.0 Å². The minimum Gasteiger partial charge on any atom is -0.258 e. The lowest BCUT2D eigenvalue weighted by atomic mass is 9.48. The molecular formula is C12H18O3S2. The average molecular weight is 274 g/mol. The summed E-state index contributed by atoms with van der Waals surface area (Å²) < 4.78 is 36.0. The highest BCUT2D eigenvalue weighted by molar-refractivity contribution is 8.11. The summed E-state index contributed by atoms with van der Waals surface area (Å²) in [6.45, 7) is 6.23. The van der Waals surface area contributed by atoms with Crippen LogP contribution in [0.15, 0.2) is 11.6 Å². The molecule has 1 heterocycles. The predicted octanol–water partition coefficient (Wildman–Crippen LogP) is 1.48. The second-order valence-corrected chi connectivity index (χ2v) is 10.5. The summed E-state index contributed by atoms with van der Waals surface area (Å²) in [6.07, 6.45) is 2.72. The monoisotopic (exact) mass is 274 g/mol. The molecular weight excluding hydrogens is 256 g/mol. The first kappa shape index (κ1) is 11.9. The highest BCUT2D eigenvalue weighted by Gasteiger charge is 2.69. The van der Waals surface area contributed by atoms with Gasteiger partial charge in [0.15, 0.2) is 13.9 Å². The number of sulfone groups is 1. The Morgan fingerprint density at radius 2 is 2.06 bits per heavy atom. The Morgan fingerprint density at radius 3 is 2.47 bits per heavy atom. The Kier molecular flexibility index (Phi) is 2.13. The van der Waals surface area contributed by atoms with Crippen molar-refractivity contribution in [1.82, 2.24) is 0 Å². The van der Waals surface area contributed by atoms with Crippen LogP contribution in [0.25, 0.3) is 0 Å². The van der Waals surface area contributed by atoms with E-state index in [2.05, 4.69) is 13.8 Å². The third-order valence-corrected chi connectivity index (χ3v) is 10.5. The van der Waals surface area contributed by atoms with Crippen LogP contribution in [0.1, 0.15) is 27.2 Å². The maximum atomic E-state index is 12.4. The molecule has 4 aliphatic rings. The van der Waals surface area contributed by atoms with Crippen molar-refractivity contribution in [3.8, 4) is 0 Å². The lowest BCUT2D eigenvalue weighted by molar-refractivity contribution is -0.0107. The van der Waals surface area contributed by atoms with E-state index >= 15 is 0 Å². The highest BCUT2D eigenvalue weighted by atomic mass is 32.3. The number of rotatable bonds is 0. The van der Waals surface area contributed by atoms with Crippen LogP contribution in [0.5, 0.6) is 0 Å². The fraction of sp³-hybridized carbons (Fsp3) is 0.833. The smallest absolute Gasteiger partial charge is 0.172 e. The Labute approximate surface area is 105 Å². The molecule has 1 saturated heterocycles. The average Bonchev–Trinajstić information content (AvgIpc) is 2.42. The zero-order valence-corrected chi connectivity index (χ0v) is 12.0. The van der Waals surface area contributed by atoms with E-state index in [9.17, 15) is 12.6 Å². The summed E-state index contributed by atoms with van der Waals surface area (Å²) in [6, 6.07) is 0. The van der Waals surface area contributed by atoms with Crippen LogP contribution in [0.3, 0.4) is 0 Å². The summed E-state index contributed by atoms with van der Waals surface area (Å²) >= 11 is 0. The topological polar surface area (TPSA) is 51.2 Å². The van der Waals surface area contributed by atoms with Gasteiger partial charge in [0.1, 0.15) is 0 Å². The van der Waals surface area contributed by atoms with E-state index < -0.39 is 24.7 Å². The molecule has 3 nitrogen and oxygen atoms in total. The molecule has 4 rings (SSSR count). The van der Waals surface area contributed by atoms with E-state index in [4.69, 9.17) is 0 Å². The highest BCUT2D eigenvalue weighted by Crippen LogP contribution is 2.66. The van der Waals surface area contributed by atoms with Gasteiger partial charge in [-0.1, -0.05) is 25.5 Å². The minimum atomic E-state index is -3.25. The van der Waals surface area contributed by atoms with Gasteiger partial charge in [-0.3, -0.25) is 4.21 Å². The van der Waals surface area contributed by atoms with Crippen LogP contribution in [0.2, 0.25) is 0 Å². The maximum Gasteiger partial charge on any atom is 0.172 e. The molecule has 0 N–H and O–H groups in total. The van der Waals surface area contributed by atoms with E-state index in [1.54, 1.807) is 0 Å². The van der Waals surface area contributed by atoms with Gasteiger partial charge in [-0.05, 0) is 24.7 Å². The molecule has 0 amide bonds. The van der Waals surface area contributed by atoms with Gasteiger partial charge in [-0.25, -0.2) is 8.42 Å². The fourth-order valence-corrected chi connectivity index (χ4v) is 10.1. The molecule has 4 atom stereocenters. The Morgan fingerprint density at radius 1 is 1.41 bits per heavy atom. The summed E-state index contributed by atoms with van der Waals surface area (Å²) in [5, 5.41) is 0. The maximum absolute atomic E-state index is 12.4. The first-order valence-electron chi connectivity index (χ1n) is 6.03. The molecule has 0 aromatic rings. The second-order valence-electron chi connectivity index (χ2n) is 6.14. The van der Waals surface area contributed by atoms with Crippen molar-refractivity contribution < 1.29 is 12.6 Å². The summed E-state index contributed by atoms with van der Waals surface area (Å²) in [4.78, 5) is 0. The van der Waals surface area contributed by atoms with E-state index in [1.165, 1.54) is 0 Å². The Bertz CT molecular complexity index is 544. The molecule has 0 unspecified atom stereocenters. The minimum absolute atomic E-state index is 0.0219. The third-order valence-electron chi connectivity index (χ3n) is 5.11. The van der Waals surface area contributed by atoms with Crippen LogP contribution in [0, 0.1) is 17.3 Å². The molecule has 96 valence electrons. The van der Waals surface area contributed by atoms with Gasteiger partial charge < -0.3 is 0 Å². The number of hydrogen-bond acceptors (Lipinski definition) is 3. The lowest BCUT2D eigenvalue weighted by Crippen LogP contribution is -2.63. The van der Waals surface area contributed by atoms with Gasteiger partial charge in [-0.15, -0.1) is 0 Å². The zero-order valence-electron chi connectivity index (χ0n) is 10.4. The van der Waals surface area contributed by atoms with E-state index in [1.807, 2.05) is 13.0 Å². The van der Waals surface area contributed by atoms with Crippen molar-refractivity contribution >= 4 is 20.6 Å². The fourth-order valence-electron chi connectivity index (χ4n) is 4.08.